The molecule has 3 aliphatic rings. The molecule has 1 unspecified atom stereocenters. The summed E-state index contributed by atoms with van der Waals surface area (Å²) < 4.78 is 5.17. The van der Waals surface area contributed by atoms with Crippen molar-refractivity contribution < 1.29 is 9.53 Å². The number of carbonyl (C=O) groups is 1. The molecule has 0 radical (unpaired) electrons. The first kappa shape index (κ1) is 25.1. The van der Waals surface area contributed by atoms with Gasteiger partial charge in [0, 0.05) is 43.6 Å². The third-order valence-electron chi connectivity index (χ3n) is 7.81. The molecule has 1 atom stereocenters. The SMILES string of the molecule is C=C=C1N(CC2CCN(C3(C)CCC=C(C(=O)OCC)C=N3)CC2)C=CN1c1cccc2ccccc12. The molecule has 0 spiro atoms. The predicted octanol–water partition coefficient (Wildman–Crippen LogP) is 5.84. The molecule has 192 valence electrons. The Morgan fingerprint density at radius 1 is 1.16 bits per heavy atom. The van der Waals surface area contributed by atoms with Crippen LogP contribution < -0.4 is 4.90 Å². The first-order valence-electron chi connectivity index (χ1n) is 13.3. The quantitative estimate of drug-likeness (QED) is 0.371. The number of rotatable bonds is 6. The smallest absolute Gasteiger partial charge is 0.339 e. The Labute approximate surface area is 219 Å². The number of benzene rings is 2. The van der Waals surface area contributed by atoms with Gasteiger partial charge in [-0.05, 0) is 56.9 Å². The molecule has 3 heterocycles. The van der Waals surface area contributed by atoms with E-state index in [1.807, 2.05) is 13.0 Å². The summed E-state index contributed by atoms with van der Waals surface area (Å²) >= 11 is 0. The number of piperidine rings is 1. The van der Waals surface area contributed by atoms with Crippen LogP contribution in [0.15, 0.2) is 89.6 Å². The molecule has 6 nitrogen and oxygen atoms in total. The molecule has 0 aliphatic carbocycles. The molecule has 6 heteroatoms. The van der Waals surface area contributed by atoms with E-state index in [9.17, 15) is 4.79 Å². The fraction of sp³-hybridized carbons (Fsp3) is 0.387. The van der Waals surface area contributed by atoms with Crippen LogP contribution in [-0.4, -0.2) is 53.9 Å². The van der Waals surface area contributed by atoms with Crippen LogP contribution in [0.3, 0.4) is 0 Å². The summed E-state index contributed by atoms with van der Waals surface area (Å²) in [6.45, 7) is 11.3. The molecule has 2 aromatic carbocycles. The van der Waals surface area contributed by atoms with Crippen LogP contribution in [0.2, 0.25) is 0 Å². The number of fused-ring (bicyclic) bond motifs is 1. The lowest BCUT2D eigenvalue weighted by molar-refractivity contribution is -0.137. The summed E-state index contributed by atoms with van der Waals surface area (Å²) in [6, 6.07) is 14.9. The zero-order valence-electron chi connectivity index (χ0n) is 21.9. The summed E-state index contributed by atoms with van der Waals surface area (Å²) in [5, 5.41) is 2.44. The topological polar surface area (TPSA) is 48.4 Å². The largest absolute Gasteiger partial charge is 0.462 e. The zero-order valence-corrected chi connectivity index (χ0v) is 21.9. The predicted molar refractivity (Wildman–Crippen MR) is 150 cm³/mol. The van der Waals surface area contributed by atoms with Crippen molar-refractivity contribution in [3.05, 3.63) is 84.6 Å². The summed E-state index contributed by atoms with van der Waals surface area (Å²) in [6.07, 6.45) is 11.9. The second-order valence-electron chi connectivity index (χ2n) is 10.1. The minimum Gasteiger partial charge on any atom is -0.462 e. The van der Waals surface area contributed by atoms with Crippen LogP contribution in [0.4, 0.5) is 5.69 Å². The van der Waals surface area contributed by atoms with Crippen LogP contribution in [-0.2, 0) is 9.53 Å². The van der Waals surface area contributed by atoms with E-state index in [1.165, 1.54) is 10.8 Å². The van der Waals surface area contributed by atoms with Gasteiger partial charge in [-0.2, -0.15) is 0 Å². The first-order chi connectivity index (χ1) is 18.0. The molecule has 2 aromatic rings. The minimum absolute atomic E-state index is 0.281. The standard InChI is InChI=1S/C31H36N4O2/c1-4-29-33(20-21-35(29)28-14-8-11-25-10-6-7-13-27(25)28)23-24-15-18-34(19-16-24)31(3)17-9-12-26(22-32-31)30(36)37-5-2/h6-8,10-14,20-22,24H,1,5,9,15-19,23H2,2-3H3. The maximum atomic E-state index is 12.2. The van der Waals surface area contributed by atoms with E-state index < -0.39 is 0 Å². The van der Waals surface area contributed by atoms with Crippen molar-refractivity contribution in [1.29, 1.82) is 0 Å². The average Bonchev–Trinajstić information content (AvgIpc) is 3.21. The second kappa shape index (κ2) is 10.8. The van der Waals surface area contributed by atoms with Gasteiger partial charge in [0.25, 0.3) is 0 Å². The molecule has 0 aromatic heterocycles. The number of esters is 1. The monoisotopic (exact) mass is 496 g/mol. The molecule has 5 rings (SSSR count). The van der Waals surface area contributed by atoms with Crippen molar-refractivity contribution in [3.8, 4) is 0 Å². The van der Waals surface area contributed by atoms with Crippen molar-refractivity contribution in [2.75, 3.05) is 31.1 Å². The molecule has 0 saturated carbocycles. The highest BCUT2D eigenvalue weighted by Crippen LogP contribution is 2.35. The molecule has 1 saturated heterocycles. The average molecular weight is 497 g/mol. The van der Waals surface area contributed by atoms with E-state index in [0.29, 0.717) is 18.1 Å². The maximum absolute atomic E-state index is 12.2. The van der Waals surface area contributed by atoms with Gasteiger partial charge in [-0.15, -0.1) is 0 Å². The first-order valence-corrected chi connectivity index (χ1v) is 13.3. The molecular weight excluding hydrogens is 460 g/mol. The van der Waals surface area contributed by atoms with Crippen molar-refractivity contribution in [2.45, 2.75) is 45.2 Å². The fourth-order valence-corrected chi connectivity index (χ4v) is 5.67. The van der Waals surface area contributed by atoms with Crippen molar-refractivity contribution >= 4 is 28.6 Å². The lowest BCUT2D eigenvalue weighted by Gasteiger charge is -2.43. The van der Waals surface area contributed by atoms with Gasteiger partial charge in [-0.1, -0.05) is 54.8 Å². The minimum atomic E-state index is -0.291. The number of allylic oxidation sites excluding steroid dienone is 1. The molecule has 37 heavy (non-hydrogen) atoms. The Kier molecular flexibility index (Phi) is 7.31. The Hall–Kier alpha value is -3.60. The number of carbonyl (C=O) groups excluding carboxylic acids is 1. The number of hydrogen-bond acceptors (Lipinski definition) is 6. The Balaban J connectivity index is 1.21. The van der Waals surface area contributed by atoms with Gasteiger partial charge in [-0.3, -0.25) is 14.8 Å². The molecular formula is C31H36N4O2. The van der Waals surface area contributed by atoms with Crippen LogP contribution >= 0.6 is 0 Å². The van der Waals surface area contributed by atoms with Gasteiger partial charge in [0.05, 0.1) is 17.9 Å². The summed E-state index contributed by atoms with van der Waals surface area (Å²) in [7, 11) is 0. The number of nitrogens with zero attached hydrogens (tertiary/aromatic N) is 4. The number of likely N-dealkylation sites (tertiary alicyclic amines) is 1. The van der Waals surface area contributed by atoms with Crippen LogP contribution in [0.1, 0.15) is 39.5 Å². The van der Waals surface area contributed by atoms with E-state index in [2.05, 4.69) is 88.8 Å². The van der Waals surface area contributed by atoms with Crippen LogP contribution in [0, 0.1) is 5.92 Å². The Morgan fingerprint density at radius 3 is 2.73 bits per heavy atom. The van der Waals surface area contributed by atoms with Gasteiger partial charge in [0.2, 0.25) is 0 Å². The number of ether oxygens (including phenoxy) is 1. The summed E-state index contributed by atoms with van der Waals surface area (Å²) in [4.78, 5) is 24.0. The van der Waals surface area contributed by atoms with Gasteiger partial charge in [0.1, 0.15) is 5.66 Å². The maximum Gasteiger partial charge on any atom is 0.339 e. The highest BCUT2D eigenvalue weighted by Gasteiger charge is 2.35. The third kappa shape index (κ3) is 5.13. The molecule has 0 amide bonds. The second-order valence-corrected chi connectivity index (χ2v) is 10.1. The van der Waals surface area contributed by atoms with Gasteiger partial charge >= 0.3 is 5.97 Å². The number of anilines is 1. The van der Waals surface area contributed by atoms with Gasteiger partial charge in [-0.25, -0.2) is 4.79 Å². The highest BCUT2D eigenvalue weighted by molar-refractivity contribution is 6.09. The van der Waals surface area contributed by atoms with E-state index in [-0.39, 0.29) is 11.6 Å². The van der Waals surface area contributed by atoms with E-state index >= 15 is 0 Å². The molecule has 3 aliphatic heterocycles. The van der Waals surface area contributed by atoms with Crippen molar-refractivity contribution in [3.63, 3.8) is 0 Å². The van der Waals surface area contributed by atoms with Crippen LogP contribution in [0.25, 0.3) is 10.8 Å². The number of aliphatic imine (C=N–C) groups is 1. The fourth-order valence-electron chi connectivity index (χ4n) is 5.67. The molecule has 0 N–H and O–H groups in total. The molecule has 0 bridgehead atoms. The van der Waals surface area contributed by atoms with E-state index in [0.717, 1.165) is 56.8 Å². The summed E-state index contributed by atoms with van der Waals surface area (Å²) in [5.41, 5.74) is 4.62. The van der Waals surface area contributed by atoms with E-state index in [4.69, 9.17) is 9.73 Å². The molecule has 1 fully saturated rings. The Bertz CT molecular complexity index is 1290. The van der Waals surface area contributed by atoms with Gasteiger partial charge in [0.15, 0.2) is 5.82 Å². The Morgan fingerprint density at radius 2 is 1.95 bits per heavy atom. The zero-order chi connectivity index (χ0) is 25.8. The summed E-state index contributed by atoms with van der Waals surface area (Å²) in [5.74, 6) is 1.27. The number of hydrogen-bond donors (Lipinski definition) is 0. The normalized spacial score (nSPS) is 22.8. The van der Waals surface area contributed by atoms with Crippen molar-refractivity contribution in [1.82, 2.24) is 9.80 Å². The lowest BCUT2D eigenvalue weighted by Crippen LogP contribution is -2.49. The van der Waals surface area contributed by atoms with Crippen molar-refractivity contribution in [2.24, 2.45) is 10.9 Å². The highest BCUT2D eigenvalue weighted by atomic mass is 16.5. The van der Waals surface area contributed by atoms with Gasteiger partial charge < -0.3 is 9.64 Å². The van der Waals surface area contributed by atoms with E-state index in [1.54, 1.807) is 6.21 Å². The lowest BCUT2D eigenvalue weighted by atomic mass is 9.93. The third-order valence-corrected chi connectivity index (χ3v) is 7.81. The van der Waals surface area contributed by atoms with Crippen LogP contribution in [0.5, 0.6) is 0 Å².